The van der Waals surface area contributed by atoms with Crippen molar-refractivity contribution in [1.29, 1.82) is 0 Å². The van der Waals surface area contributed by atoms with Gasteiger partial charge in [-0.25, -0.2) is 0 Å². The first-order valence-corrected chi connectivity index (χ1v) is 3.31. The highest BCUT2D eigenvalue weighted by Gasteiger charge is 2.20. The fourth-order valence-electron chi connectivity index (χ4n) is 0.728. The van der Waals surface area contributed by atoms with E-state index in [4.69, 9.17) is 9.84 Å². The molecular formula is C7H14O3. The van der Waals surface area contributed by atoms with Crippen LogP contribution in [0.3, 0.4) is 0 Å². The first kappa shape index (κ1) is 9.43. The predicted molar refractivity (Wildman–Crippen MR) is 37.8 cm³/mol. The van der Waals surface area contributed by atoms with Crippen LogP contribution in [-0.2, 0) is 9.53 Å². The Morgan fingerprint density at radius 3 is 2.20 bits per heavy atom. The second-order valence-corrected chi connectivity index (χ2v) is 2.64. The Bertz CT molecular complexity index is 109. The Balaban J connectivity index is 3.85. The summed E-state index contributed by atoms with van der Waals surface area (Å²) in [7, 11) is 1.51. The molecule has 0 radical (unpaired) electrons. The number of carboxylic acid groups (broad SMARTS) is 1. The monoisotopic (exact) mass is 146 g/mol. The molecule has 0 rings (SSSR count). The van der Waals surface area contributed by atoms with E-state index >= 15 is 0 Å². The molecular weight excluding hydrogens is 132 g/mol. The van der Waals surface area contributed by atoms with Crippen LogP contribution in [0, 0.1) is 11.8 Å². The first-order valence-electron chi connectivity index (χ1n) is 3.31. The van der Waals surface area contributed by atoms with Gasteiger partial charge in [-0.3, -0.25) is 4.79 Å². The first-order chi connectivity index (χ1) is 4.59. The summed E-state index contributed by atoms with van der Waals surface area (Å²) < 4.78 is 4.75. The van der Waals surface area contributed by atoms with Crippen LogP contribution < -0.4 is 0 Å². The second-order valence-electron chi connectivity index (χ2n) is 2.64. The van der Waals surface area contributed by atoms with Crippen molar-refractivity contribution < 1.29 is 14.6 Å². The molecule has 0 aromatic carbocycles. The Labute approximate surface area is 61.0 Å². The summed E-state index contributed by atoms with van der Waals surface area (Å²) in [4.78, 5) is 10.5. The number of carboxylic acids is 1. The summed E-state index contributed by atoms with van der Waals surface area (Å²) in [5, 5.41) is 8.59. The van der Waals surface area contributed by atoms with Crippen molar-refractivity contribution in [2.75, 3.05) is 13.7 Å². The van der Waals surface area contributed by atoms with Crippen molar-refractivity contribution in [1.82, 2.24) is 0 Å². The molecule has 0 heterocycles. The number of aliphatic carboxylic acids is 1. The van der Waals surface area contributed by atoms with Crippen LogP contribution in [0.5, 0.6) is 0 Å². The summed E-state index contributed by atoms with van der Waals surface area (Å²) >= 11 is 0. The van der Waals surface area contributed by atoms with Gasteiger partial charge in [0.05, 0.1) is 12.5 Å². The molecule has 0 aromatic rings. The average molecular weight is 146 g/mol. The number of rotatable bonds is 4. The smallest absolute Gasteiger partial charge is 0.309 e. The van der Waals surface area contributed by atoms with Crippen LogP contribution in [0.4, 0.5) is 0 Å². The van der Waals surface area contributed by atoms with Crippen LogP contribution in [0.2, 0.25) is 0 Å². The Kier molecular flexibility index (Phi) is 4.03. The van der Waals surface area contributed by atoms with Gasteiger partial charge in [0.15, 0.2) is 0 Å². The fraction of sp³-hybridized carbons (Fsp3) is 0.857. The van der Waals surface area contributed by atoms with Gasteiger partial charge in [-0.2, -0.15) is 0 Å². The van der Waals surface area contributed by atoms with Crippen LogP contribution in [-0.4, -0.2) is 24.8 Å². The van der Waals surface area contributed by atoms with E-state index in [0.29, 0.717) is 6.61 Å². The lowest BCUT2D eigenvalue weighted by Gasteiger charge is -2.13. The number of hydrogen-bond donors (Lipinski definition) is 1. The summed E-state index contributed by atoms with van der Waals surface area (Å²) in [6, 6.07) is 0. The lowest BCUT2D eigenvalue weighted by Crippen LogP contribution is -2.24. The lowest BCUT2D eigenvalue weighted by atomic mass is 9.97. The third kappa shape index (κ3) is 2.82. The third-order valence-corrected chi connectivity index (χ3v) is 1.47. The normalized spacial score (nSPS) is 13.6. The highest BCUT2D eigenvalue weighted by molar-refractivity contribution is 5.70. The number of methoxy groups -OCH3 is 1. The molecule has 0 spiro atoms. The number of carbonyl (C=O) groups is 1. The van der Waals surface area contributed by atoms with Crippen LogP contribution in [0.1, 0.15) is 13.8 Å². The minimum Gasteiger partial charge on any atom is -0.481 e. The van der Waals surface area contributed by atoms with Gasteiger partial charge in [0.25, 0.3) is 0 Å². The zero-order valence-corrected chi connectivity index (χ0v) is 6.63. The van der Waals surface area contributed by atoms with Crippen LogP contribution in [0.25, 0.3) is 0 Å². The molecule has 1 atom stereocenters. The molecule has 0 aliphatic heterocycles. The van der Waals surface area contributed by atoms with Gasteiger partial charge < -0.3 is 9.84 Å². The molecule has 0 saturated carbocycles. The molecule has 60 valence electrons. The predicted octanol–water partition coefficient (Wildman–Crippen LogP) is 0.990. The SMILES string of the molecule is COCC(C(=O)O)C(C)C. The topological polar surface area (TPSA) is 46.5 Å². The molecule has 0 bridgehead atoms. The zero-order valence-electron chi connectivity index (χ0n) is 6.63. The van der Waals surface area contributed by atoms with E-state index in [-0.39, 0.29) is 11.8 Å². The Morgan fingerprint density at radius 2 is 2.10 bits per heavy atom. The lowest BCUT2D eigenvalue weighted by molar-refractivity contribution is -0.145. The minimum atomic E-state index is -0.781. The largest absolute Gasteiger partial charge is 0.481 e. The van der Waals surface area contributed by atoms with Crippen molar-refractivity contribution in [3.05, 3.63) is 0 Å². The quantitative estimate of drug-likeness (QED) is 0.643. The van der Waals surface area contributed by atoms with E-state index < -0.39 is 5.97 Å². The third-order valence-electron chi connectivity index (χ3n) is 1.47. The van der Waals surface area contributed by atoms with E-state index in [2.05, 4.69) is 0 Å². The van der Waals surface area contributed by atoms with Crippen LogP contribution in [0.15, 0.2) is 0 Å². The molecule has 0 aromatic heterocycles. The van der Waals surface area contributed by atoms with Gasteiger partial charge in [0.1, 0.15) is 0 Å². The number of hydrogen-bond acceptors (Lipinski definition) is 2. The summed E-state index contributed by atoms with van der Waals surface area (Å²) in [5.41, 5.74) is 0. The molecule has 10 heavy (non-hydrogen) atoms. The molecule has 3 heteroatoms. The summed E-state index contributed by atoms with van der Waals surface area (Å²) in [6.45, 7) is 4.04. The molecule has 1 unspecified atom stereocenters. The minimum absolute atomic E-state index is 0.137. The molecule has 1 N–H and O–H groups in total. The van der Waals surface area contributed by atoms with Gasteiger partial charge in [0.2, 0.25) is 0 Å². The van der Waals surface area contributed by atoms with Gasteiger partial charge in [-0.1, -0.05) is 13.8 Å². The van der Waals surface area contributed by atoms with Gasteiger partial charge in [-0.15, -0.1) is 0 Å². The molecule has 0 aliphatic rings. The average Bonchev–Trinajstić information content (AvgIpc) is 1.81. The molecule has 0 saturated heterocycles. The summed E-state index contributed by atoms with van der Waals surface area (Å²) in [5.74, 6) is -1.01. The van der Waals surface area contributed by atoms with Crippen molar-refractivity contribution >= 4 is 5.97 Å². The fourth-order valence-corrected chi connectivity index (χ4v) is 0.728. The highest BCUT2D eigenvalue weighted by atomic mass is 16.5. The van der Waals surface area contributed by atoms with E-state index in [9.17, 15) is 4.79 Å². The molecule has 0 amide bonds. The van der Waals surface area contributed by atoms with Crippen molar-refractivity contribution in [2.24, 2.45) is 11.8 Å². The summed E-state index contributed by atoms with van der Waals surface area (Å²) in [6.07, 6.45) is 0. The molecule has 0 aliphatic carbocycles. The number of ether oxygens (including phenoxy) is 1. The molecule has 3 nitrogen and oxygen atoms in total. The van der Waals surface area contributed by atoms with E-state index in [1.807, 2.05) is 13.8 Å². The van der Waals surface area contributed by atoms with Crippen LogP contribution >= 0.6 is 0 Å². The second kappa shape index (κ2) is 4.28. The Morgan fingerprint density at radius 1 is 1.60 bits per heavy atom. The van der Waals surface area contributed by atoms with Crippen molar-refractivity contribution in [3.8, 4) is 0 Å². The highest BCUT2D eigenvalue weighted by Crippen LogP contribution is 2.10. The standard InChI is InChI=1S/C7H14O3/c1-5(2)6(4-10-3)7(8)9/h5-6H,4H2,1-3H3,(H,8,9). The van der Waals surface area contributed by atoms with E-state index in [0.717, 1.165) is 0 Å². The van der Waals surface area contributed by atoms with Gasteiger partial charge in [-0.05, 0) is 5.92 Å². The van der Waals surface area contributed by atoms with Gasteiger partial charge in [0, 0.05) is 7.11 Å². The maximum absolute atomic E-state index is 10.5. The maximum Gasteiger partial charge on any atom is 0.309 e. The van der Waals surface area contributed by atoms with Crippen molar-refractivity contribution in [3.63, 3.8) is 0 Å². The maximum atomic E-state index is 10.5. The Hall–Kier alpha value is -0.570. The zero-order chi connectivity index (χ0) is 8.15. The van der Waals surface area contributed by atoms with E-state index in [1.165, 1.54) is 7.11 Å². The van der Waals surface area contributed by atoms with E-state index in [1.54, 1.807) is 0 Å². The van der Waals surface area contributed by atoms with Gasteiger partial charge >= 0.3 is 5.97 Å². The molecule has 0 fully saturated rings. The van der Waals surface area contributed by atoms with Crippen molar-refractivity contribution in [2.45, 2.75) is 13.8 Å².